The van der Waals surface area contributed by atoms with Gasteiger partial charge in [-0.3, -0.25) is 9.59 Å². The Morgan fingerprint density at radius 3 is 2.57 bits per heavy atom. The van der Waals surface area contributed by atoms with Crippen LogP contribution in [0.1, 0.15) is 25.8 Å². The van der Waals surface area contributed by atoms with Gasteiger partial charge in [0.15, 0.2) is 0 Å². The molecule has 2 amide bonds. The summed E-state index contributed by atoms with van der Waals surface area (Å²) in [6, 6.07) is 4.76. The molecule has 2 N–H and O–H groups in total. The first-order valence-electron chi connectivity index (χ1n) is 7.45. The Kier molecular flexibility index (Phi) is 7.00. The molecule has 124 valence electrons. The summed E-state index contributed by atoms with van der Waals surface area (Å²) in [7, 11) is 3.28. The quantitative estimate of drug-likeness (QED) is 0.770. The van der Waals surface area contributed by atoms with Crippen molar-refractivity contribution in [2.45, 2.75) is 26.3 Å². The molecule has 7 heteroatoms. The molecule has 0 aliphatic carbocycles. The Morgan fingerprint density at radius 1 is 1.39 bits per heavy atom. The topological polar surface area (TPSA) is 98.1 Å². The third-order valence-corrected chi connectivity index (χ3v) is 3.25. The van der Waals surface area contributed by atoms with Gasteiger partial charge in [-0.15, -0.1) is 0 Å². The fourth-order valence-electron chi connectivity index (χ4n) is 2.09. The summed E-state index contributed by atoms with van der Waals surface area (Å²) in [5.74, 6) is 0.411. The Bertz CT molecular complexity index is 577. The monoisotopic (exact) mass is 317 g/mol. The van der Waals surface area contributed by atoms with E-state index in [-0.39, 0.29) is 24.3 Å². The maximum atomic E-state index is 12.1. The van der Waals surface area contributed by atoms with Gasteiger partial charge in [0.25, 0.3) is 0 Å². The van der Waals surface area contributed by atoms with Crippen molar-refractivity contribution in [1.82, 2.24) is 15.6 Å². The maximum absolute atomic E-state index is 12.1. The van der Waals surface area contributed by atoms with Crippen LogP contribution in [-0.2, 0) is 9.59 Å². The Balaban J connectivity index is 2.65. The molecule has 0 saturated carbocycles. The molecule has 0 saturated heterocycles. The van der Waals surface area contributed by atoms with Crippen LogP contribution >= 0.6 is 0 Å². The highest BCUT2D eigenvalue weighted by Crippen LogP contribution is 2.09. The molecule has 1 rings (SSSR count). The van der Waals surface area contributed by atoms with Gasteiger partial charge < -0.3 is 15.5 Å². The van der Waals surface area contributed by atoms with E-state index < -0.39 is 6.04 Å². The molecule has 0 bridgehead atoms. The largest absolute Gasteiger partial charge is 0.357 e. The minimum Gasteiger partial charge on any atom is -0.357 e. The summed E-state index contributed by atoms with van der Waals surface area (Å²) in [6.07, 6.45) is 2.03. The van der Waals surface area contributed by atoms with Crippen molar-refractivity contribution >= 4 is 17.6 Å². The number of carbonyl (C=O) groups excluding carboxylic acids is 2. The lowest BCUT2D eigenvalue weighted by Gasteiger charge is -2.22. The zero-order chi connectivity index (χ0) is 17.4. The summed E-state index contributed by atoms with van der Waals surface area (Å²) in [5, 5.41) is 14.1. The third-order valence-electron chi connectivity index (χ3n) is 3.25. The van der Waals surface area contributed by atoms with E-state index in [2.05, 4.69) is 15.6 Å². The van der Waals surface area contributed by atoms with Crippen LogP contribution in [0.3, 0.4) is 0 Å². The van der Waals surface area contributed by atoms with Gasteiger partial charge in [0.2, 0.25) is 11.8 Å². The Labute approximate surface area is 136 Å². The SMILES string of the molecule is CNC(=O)[C@H](CC(C)C)NC(=O)CN(C)c1ccc(C#N)cn1. The van der Waals surface area contributed by atoms with Crippen molar-refractivity contribution in [2.24, 2.45) is 5.92 Å². The molecule has 0 unspecified atom stereocenters. The van der Waals surface area contributed by atoms with E-state index in [1.165, 1.54) is 6.20 Å². The lowest BCUT2D eigenvalue weighted by Crippen LogP contribution is -2.49. The minimum atomic E-state index is -0.546. The number of hydrogen-bond donors (Lipinski definition) is 2. The second-order valence-corrected chi connectivity index (χ2v) is 5.74. The molecule has 1 aromatic rings. The van der Waals surface area contributed by atoms with E-state index in [1.54, 1.807) is 31.1 Å². The van der Waals surface area contributed by atoms with Crippen LogP contribution < -0.4 is 15.5 Å². The summed E-state index contributed by atoms with van der Waals surface area (Å²) < 4.78 is 0. The molecule has 0 fully saturated rings. The van der Waals surface area contributed by atoms with E-state index in [9.17, 15) is 9.59 Å². The molecule has 0 aliphatic rings. The first-order chi connectivity index (χ1) is 10.9. The van der Waals surface area contributed by atoms with Crippen LogP contribution in [0.5, 0.6) is 0 Å². The number of anilines is 1. The van der Waals surface area contributed by atoms with E-state index >= 15 is 0 Å². The Hall–Kier alpha value is -2.62. The fraction of sp³-hybridized carbons (Fsp3) is 0.500. The first kappa shape index (κ1) is 18.4. The second kappa shape index (κ2) is 8.73. The predicted molar refractivity (Wildman–Crippen MR) is 87.7 cm³/mol. The van der Waals surface area contributed by atoms with Crippen molar-refractivity contribution in [2.75, 3.05) is 25.5 Å². The number of nitrogens with one attached hydrogen (secondary N) is 2. The van der Waals surface area contributed by atoms with E-state index in [0.29, 0.717) is 17.8 Å². The first-order valence-corrected chi connectivity index (χ1v) is 7.45. The number of carbonyl (C=O) groups is 2. The van der Waals surface area contributed by atoms with E-state index in [1.807, 2.05) is 19.9 Å². The standard InChI is InChI=1S/C16H23N5O2/c1-11(2)7-13(16(23)18-3)20-15(22)10-21(4)14-6-5-12(8-17)9-19-14/h5-6,9,11,13H,7,10H2,1-4H3,(H,18,23)(H,20,22)/t13-/m0/s1. The average molecular weight is 317 g/mol. The predicted octanol–water partition coefficient (Wildman–Crippen LogP) is 0.666. The van der Waals surface area contributed by atoms with Crippen molar-refractivity contribution in [3.63, 3.8) is 0 Å². The van der Waals surface area contributed by atoms with Gasteiger partial charge in [-0.2, -0.15) is 5.26 Å². The lowest BCUT2D eigenvalue weighted by atomic mass is 10.0. The van der Waals surface area contributed by atoms with Gasteiger partial charge in [0, 0.05) is 20.3 Å². The molecule has 7 nitrogen and oxygen atoms in total. The molecule has 23 heavy (non-hydrogen) atoms. The van der Waals surface area contributed by atoms with Gasteiger partial charge >= 0.3 is 0 Å². The second-order valence-electron chi connectivity index (χ2n) is 5.74. The summed E-state index contributed by atoms with van der Waals surface area (Å²) in [4.78, 5) is 29.8. The molecule has 1 heterocycles. The van der Waals surface area contributed by atoms with Crippen LogP contribution in [-0.4, -0.2) is 43.5 Å². The highest BCUT2D eigenvalue weighted by atomic mass is 16.2. The number of amides is 2. The van der Waals surface area contributed by atoms with Crippen LogP contribution in [0, 0.1) is 17.2 Å². The molecular weight excluding hydrogens is 294 g/mol. The smallest absolute Gasteiger partial charge is 0.242 e. The van der Waals surface area contributed by atoms with Crippen LogP contribution in [0.15, 0.2) is 18.3 Å². The molecule has 0 radical (unpaired) electrons. The third kappa shape index (κ3) is 5.94. The van der Waals surface area contributed by atoms with Crippen LogP contribution in [0.2, 0.25) is 0 Å². The number of nitrogens with zero attached hydrogens (tertiary/aromatic N) is 3. The van der Waals surface area contributed by atoms with Gasteiger partial charge in [-0.05, 0) is 24.5 Å². The molecule has 0 aromatic carbocycles. The normalized spacial score (nSPS) is 11.5. The molecule has 0 aliphatic heterocycles. The number of likely N-dealkylation sites (N-methyl/N-ethyl adjacent to an activating group) is 2. The van der Waals surface area contributed by atoms with Crippen LogP contribution in [0.25, 0.3) is 0 Å². The van der Waals surface area contributed by atoms with Crippen molar-refractivity contribution in [3.8, 4) is 6.07 Å². The number of rotatable bonds is 7. The molecule has 1 atom stereocenters. The zero-order valence-corrected chi connectivity index (χ0v) is 14.0. The highest BCUT2D eigenvalue weighted by molar-refractivity contribution is 5.89. The van der Waals surface area contributed by atoms with Crippen molar-refractivity contribution in [3.05, 3.63) is 23.9 Å². The minimum absolute atomic E-state index is 0.0739. The number of aromatic nitrogens is 1. The summed E-state index contributed by atoms with van der Waals surface area (Å²) in [5.41, 5.74) is 0.461. The van der Waals surface area contributed by atoms with E-state index in [0.717, 1.165) is 0 Å². The van der Waals surface area contributed by atoms with E-state index in [4.69, 9.17) is 5.26 Å². The zero-order valence-electron chi connectivity index (χ0n) is 14.0. The van der Waals surface area contributed by atoms with Crippen molar-refractivity contribution < 1.29 is 9.59 Å². The number of pyridine rings is 1. The van der Waals surface area contributed by atoms with Gasteiger partial charge in [0.05, 0.1) is 12.1 Å². The molecule has 1 aromatic heterocycles. The van der Waals surface area contributed by atoms with Gasteiger partial charge in [0.1, 0.15) is 17.9 Å². The summed E-state index contributed by atoms with van der Waals surface area (Å²) >= 11 is 0. The van der Waals surface area contributed by atoms with Crippen LogP contribution in [0.4, 0.5) is 5.82 Å². The fourth-order valence-corrected chi connectivity index (χ4v) is 2.09. The summed E-state index contributed by atoms with van der Waals surface area (Å²) in [6.45, 7) is 4.06. The number of hydrogen-bond acceptors (Lipinski definition) is 5. The molecular formula is C16H23N5O2. The maximum Gasteiger partial charge on any atom is 0.242 e. The Morgan fingerprint density at radius 2 is 2.09 bits per heavy atom. The lowest BCUT2D eigenvalue weighted by molar-refractivity contribution is -0.128. The number of nitriles is 1. The van der Waals surface area contributed by atoms with Gasteiger partial charge in [-0.25, -0.2) is 4.98 Å². The average Bonchev–Trinajstić information content (AvgIpc) is 2.52. The van der Waals surface area contributed by atoms with Crippen molar-refractivity contribution in [1.29, 1.82) is 5.26 Å². The highest BCUT2D eigenvalue weighted by Gasteiger charge is 2.21. The molecule has 0 spiro atoms. The van der Waals surface area contributed by atoms with Gasteiger partial charge in [-0.1, -0.05) is 13.8 Å².